The van der Waals surface area contributed by atoms with Gasteiger partial charge in [0, 0.05) is 0 Å². The summed E-state index contributed by atoms with van der Waals surface area (Å²) in [6.07, 6.45) is 0. The van der Waals surface area contributed by atoms with Crippen molar-refractivity contribution in [2.75, 3.05) is 0 Å². The summed E-state index contributed by atoms with van der Waals surface area (Å²) in [5.74, 6) is 0. The number of hydrogen-bond acceptors (Lipinski definition) is 2. The van der Waals surface area contributed by atoms with Gasteiger partial charge in [0.25, 0.3) is 0 Å². The Bertz CT molecular complexity index is 93.1. The summed E-state index contributed by atoms with van der Waals surface area (Å²) in [6.45, 7) is 5.43. The van der Waals surface area contributed by atoms with Gasteiger partial charge in [0.15, 0.2) is 0 Å². The van der Waals surface area contributed by atoms with Crippen LogP contribution < -0.4 is 0 Å². The van der Waals surface area contributed by atoms with Crippen molar-refractivity contribution in [1.29, 1.82) is 0 Å². The molecule has 0 aliphatic rings. The van der Waals surface area contributed by atoms with Crippen molar-refractivity contribution in [3.05, 3.63) is 0 Å². The molecule has 2 nitrogen and oxygen atoms in total. The van der Waals surface area contributed by atoms with E-state index in [1.165, 1.54) is 0 Å². The van der Waals surface area contributed by atoms with Crippen LogP contribution in [0, 0.1) is 0 Å². The van der Waals surface area contributed by atoms with Crippen molar-refractivity contribution in [3.63, 3.8) is 0 Å². The van der Waals surface area contributed by atoms with E-state index in [1.54, 1.807) is 0 Å². The van der Waals surface area contributed by atoms with E-state index in [-0.39, 0.29) is 5.60 Å². The van der Waals surface area contributed by atoms with Gasteiger partial charge in [-0.2, -0.15) is 0 Å². The monoisotopic (exact) mass is 208 g/mol. The minimum absolute atomic E-state index is 0.375. The molecule has 0 fully saturated rings. The van der Waals surface area contributed by atoms with E-state index in [2.05, 4.69) is 21.1 Å². The van der Waals surface area contributed by atoms with Crippen LogP contribution in [0.3, 0.4) is 0 Å². The normalized spacial score (nSPS) is 11.1. The number of carbonyl (C=O) groups excluding carboxylic acids is 1. The first-order valence-electron chi connectivity index (χ1n) is 2.26. The van der Waals surface area contributed by atoms with Gasteiger partial charge in [-0.25, -0.2) is 0 Å². The standard InChI is InChI=1S/C5H9O2.Ag/c1-5(2,3)7-4-6;/h1-3H3;. The zero-order valence-corrected chi connectivity index (χ0v) is 6.60. The molecule has 0 aromatic carbocycles. The molecule has 0 aliphatic heterocycles. The van der Waals surface area contributed by atoms with Gasteiger partial charge in [-0.05, 0) is 0 Å². The second-order valence-electron chi connectivity index (χ2n) is 2.42. The van der Waals surface area contributed by atoms with Crippen LogP contribution in [0.5, 0.6) is 0 Å². The quantitative estimate of drug-likeness (QED) is 0.564. The first-order valence-corrected chi connectivity index (χ1v) is 3.00. The van der Waals surface area contributed by atoms with E-state index in [4.69, 9.17) is 4.74 Å². The van der Waals surface area contributed by atoms with Crippen molar-refractivity contribution >= 4 is 4.19 Å². The SMILES string of the molecule is CC(C)(C)O[C](=O)[Ag]. The van der Waals surface area contributed by atoms with Crippen LogP contribution in [0.2, 0.25) is 0 Å². The molecule has 0 aliphatic carbocycles. The molecule has 0 spiro atoms. The first-order chi connectivity index (χ1) is 3.42. The van der Waals surface area contributed by atoms with E-state index in [0.717, 1.165) is 0 Å². The average molecular weight is 209 g/mol. The maximum atomic E-state index is 10.2. The summed E-state index contributed by atoms with van der Waals surface area (Å²) >= 11 is 2.67. The van der Waals surface area contributed by atoms with Crippen LogP contribution >= 0.6 is 0 Å². The molecule has 0 saturated carbocycles. The van der Waals surface area contributed by atoms with Crippen LogP contribution in [0.4, 0.5) is 4.79 Å². The maximum absolute atomic E-state index is 10.2. The Kier molecular flexibility index (Phi) is 2.74. The molecule has 8 heavy (non-hydrogen) atoms. The summed E-state index contributed by atoms with van der Waals surface area (Å²) < 4.78 is 4.30. The summed E-state index contributed by atoms with van der Waals surface area (Å²) in [7, 11) is 0. The fraction of sp³-hybridized carbons (Fsp3) is 0.800. The molecule has 0 amide bonds. The van der Waals surface area contributed by atoms with Crippen molar-refractivity contribution in [2.24, 2.45) is 0 Å². The zero-order valence-electron chi connectivity index (χ0n) is 5.12. The van der Waals surface area contributed by atoms with Gasteiger partial charge < -0.3 is 0 Å². The Morgan fingerprint density at radius 1 is 1.50 bits per heavy atom. The average Bonchev–Trinajstić information content (AvgIpc) is 1.21. The van der Waals surface area contributed by atoms with Gasteiger partial charge in [0.1, 0.15) is 0 Å². The van der Waals surface area contributed by atoms with Crippen LogP contribution in [0.1, 0.15) is 20.8 Å². The van der Waals surface area contributed by atoms with E-state index in [1.807, 2.05) is 20.8 Å². The molecule has 0 aromatic heterocycles. The minimum atomic E-state index is -0.415. The van der Waals surface area contributed by atoms with Crippen molar-refractivity contribution < 1.29 is 30.6 Å². The van der Waals surface area contributed by atoms with Crippen molar-refractivity contribution in [2.45, 2.75) is 26.4 Å². The van der Waals surface area contributed by atoms with Crippen LogP contribution in [0.15, 0.2) is 0 Å². The van der Waals surface area contributed by atoms with Gasteiger partial charge >= 0.3 is 61.2 Å². The van der Waals surface area contributed by atoms with Crippen molar-refractivity contribution in [1.82, 2.24) is 0 Å². The first kappa shape index (κ1) is 8.21. The Hall–Kier alpha value is 0.210. The molecule has 0 unspecified atom stereocenters. The Labute approximate surface area is 61.5 Å². The molecule has 0 radical (unpaired) electrons. The number of ether oxygens (including phenoxy) is 1. The molecule has 0 bridgehead atoms. The topological polar surface area (TPSA) is 26.3 Å². The molecular formula is C5H9AgO2. The van der Waals surface area contributed by atoms with Crippen LogP contribution in [-0.4, -0.2) is 9.79 Å². The van der Waals surface area contributed by atoms with Gasteiger partial charge in [-0.15, -0.1) is 0 Å². The summed E-state index contributed by atoms with van der Waals surface area (Å²) in [6, 6.07) is 0. The Balaban J connectivity index is 3.55. The molecule has 0 atom stereocenters. The molecule has 0 heterocycles. The van der Waals surface area contributed by atoms with E-state index in [0.29, 0.717) is 0 Å². The molecule has 0 aromatic rings. The second-order valence-corrected chi connectivity index (χ2v) is 3.03. The van der Waals surface area contributed by atoms with Crippen LogP contribution in [0.25, 0.3) is 0 Å². The molecule has 0 saturated heterocycles. The predicted octanol–water partition coefficient (Wildman–Crippen LogP) is 1.47. The van der Waals surface area contributed by atoms with Gasteiger partial charge in [-0.1, -0.05) is 0 Å². The molecule has 0 rings (SSSR count). The third-order valence-electron chi connectivity index (χ3n) is 0.379. The summed E-state index contributed by atoms with van der Waals surface area (Å²) in [5, 5.41) is 0. The molecular weight excluding hydrogens is 200 g/mol. The predicted molar refractivity (Wildman–Crippen MR) is 26.2 cm³/mol. The summed E-state index contributed by atoms with van der Waals surface area (Å²) in [4.78, 5) is 10.2. The third-order valence-corrected chi connectivity index (χ3v) is 0.530. The third kappa shape index (κ3) is 6.21. The number of carbonyl (C=O) groups is 1. The number of hydrogen-bond donors (Lipinski definition) is 0. The fourth-order valence-corrected chi connectivity index (χ4v) is 0.671. The summed E-state index contributed by atoms with van der Waals surface area (Å²) in [5.41, 5.74) is -0.375. The van der Waals surface area contributed by atoms with E-state index >= 15 is 0 Å². The molecule has 3 heteroatoms. The molecule has 0 N–H and O–H groups in total. The van der Waals surface area contributed by atoms with Gasteiger partial charge in [-0.3, -0.25) is 0 Å². The Morgan fingerprint density at radius 2 is 1.88 bits per heavy atom. The zero-order chi connectivity index (χ0) is 6.78. The van der Waals surface area contributed by atoms with E-state index in [9.17, 15) is 4.79 Å². The van der Waals surface area contributed by atoms with Gasteiger partial charge in [0.05, 0.1) is 0 Å². The van der Waals surface area contributed by atoms with Gasteiger partial charge in [0.2, 0.25) is 0 Å². The Morgan fingerprint density at radius 3 is 1.88 bits per heavy atom. The van der Waals surface area contributed by atoms with Crippen LogP contribution in [-0.2, 0) is 25.8 Å². The van der Waals surface area contributed by atoms with Crippen molar-refractivity contribution in [3.8, 4) is 0 Å². The number of rotatable bonds is 0. The molecule has 52 valence electrons. The second kappa shape index (κ2) is 2.67. The fourth-order valence-electron chi connectivity index (χ4n) is 0.217. The van der Waals surface area contributed by atoms with E-state index < -0.39 is 4.19 Å².